The number of hydrogen-bond donors (Lipinski definition) is 1. The summed E-state index contributed by atoms with van der Waals surface area (Å²) in [5.74, 6) is -0.923. The van der Waals surface area contributed by atoms with Crippen molar-refractivity contribution in [3.63, 3.8) is 0 Å². The van der Waals surface area contributed by atoms with Gasteiger partial charge in [-0.15, -0.1) is 11.3 Å². The number of nitrogens with zero attached hydrogens (tertiary/aromatic N) is 1. The number of halogens is 3. The van der Waals surface area contributed by atoms with Gasteiger partial charge in [0.05, 0.1) is 14.7 Å². The average Bonchev–Trinajstić information content (AvgIpc) is 2.85. The maximum absolute atomic E-state index is 13.9. The van der Waals surface area contributed by atoms with Crippen LogP contribution in [0.2, 0.25) is 0 Å². The second-order valence-corrected chi connectivity index (χ2v) is 7.42. The fourth-order valence-corrected chi connectivity index (χ4v) is 4.31. The van der Waals surface area contributed by atoms with E-state index in [9.17, 15) is 8.78 Å². The minimum atomic E-state index is -0.562. The number of rotatable bonds is 3. The first-order valence-corrected chi connectivity index (χ1v) is 8.55. The Kier molecular flexibility index (Phi) is 4.14. The van der Waals surface area contributed by atoms with Gasteiger partial charge in [-0.05, 0) is 46.3 Å². The van der Waals surface area contributed by atoms with Crippen LogP contribution in [0.25, 0.3) is 10.2 Å². The van der Waals surface area contributed by atoms with Gasteiger partial charge in [-0.25, -0.2) is 13.8 Å². The number of benzene rings is 2. The molecule has 2 N–H and O–H groups in total. The maximum Gasteiger partial charge on any atom is 0.151 e. The number of thioether (sulfide) groups is 1. The minimum Gasteiger partial charge on any atom is -0.399 e. The van der Waals surface area contributed by atoms with Crippen molar-refractivity contribution in [2.24, 2.45) is 0 Å². The fourth-order valence-electron chi connectivity index (χ4n) is 1.82. The maximum atomic E-state index is 13.9. The summed E-state index contributed by atoms with van der Waals surface area (Å²) >= 11 is 5.83. The van der Waals surface area contributed by atoms with Crippen molar-refractivity contribution in [1.29, 1.82) is 0 Å². The number of nitrogen functional groups attached to an aromatic ring is 1. The SMILES string of the molecule is Nc1ccc2nc(SCc3c(F)ccc(Br)c3F)sc2c1. The van der Waals surface area contributed by atoms with Crippen molar-refractivity contribution in [2.45, 2.75) is 10.1 Å². The third-order valence-corrected chi connectivity index (χ3v) is 5.67. The van der Waals surface area contributed by atoms with E-state index < -0.39 is 11.6 Å². The predicted octanol–water partition coefficient (Wildman–Crippen LogP) is 5.21. The summed E-state index contributed by atoms with van der Waals surface area (Å²) in [5, 5.41) is 0. The molecule has 0 bridgehead atoms. The molecule has 0 aliphatic heterocycles. The van der Waals surface area contributed by atoms with Crippen LogP contribution < -0.4 is 5.73 Å². The van der Waals surface area contributed by atoms with Gasteiger partial charge < -0.3 is 5.73 Å². The summed E-state index contributed by atoms with van der Waals surface area (Å²) in [6.07, 6.45) is 0. The Morgan fingerprint density at radius 1 is 1.24 bits per heavy atom. The van der Waals surface area contributed by atoms with Gasteiger partial charge in [0.2, 0.25) is 0 Å². The summed E-state index contributed by atoms with van der Waals surface area (Å²) in [5.41, 5.74) is 7.28. The van der Waals surface area contributed by atoms with Crippen LogP contribution in [0.4, 0.5) is 14.5 Å². The topological polar surface area (TPSA) is 38.9 Å². The molecule has 1 heterocycles. The monoisotopic (exact) mass is 386 g/mol. The number of fused-ring (bicyclic) bond motifs is 1. The molecule has 0 spiro atoms. The molecule has 0 radical (unpaired) electrons. The van der Waals surface area contributed by atoms with E-state index in [1.54, 1.807) is 6.07 Å². The second kappa shape index (κ2) is 5.90. The van der Waals surface area contributed by atoms with Crippen LogP contribution in [-0.2, 0) is 5.75 Å². The fraction of sp³-hybridized carbons (Fsp3) is 0.0714. The van der Waals surface area contributed by atoms with Crippen LogP contribution >= 0.6 is 39.0 Å². The molecule has 7 heteroatoms. The summed E-state index contributed by atoms with van der Waals surface area (Å²) in [7, 11) is 0. The summed E-state index contributed by atoms with van der Waals surface area (Å²) in [6.45, 7) is 0. The lowest BCUT2D eigenvalue weighted by molar-refractivity contribution is 0.562. The molecular weight excluding hydrogens is 378 g/mol. The van der Waals surface area contributed by atoms with Gasteiger partial charge in [-0.2, -0.15) is 0 Å². The molecule has 3 rings (SSSR count). The van der Waals surface area contributed by atoms with E-state index in [1.807, 2.05) is 12.1 Å². The molecule has 2 nitrogen and oxygen atoms in total. The largest absolute Gasteiger partial charge is 0.399 e. The molecule has 108 valence electrons. The zero-order chi connectivity index (χ0) is 15.0. The van der Waals surface area contributed by atoms with Crippen LogP contribution in [0.1, 0.15) is 5.56 Å². The van der Waals surface area contributed by atoms with Gasteiger partial charge in [-0.3, -0.25) is 0 Å². The Morgan fingerprint density at radius 3 is 2.86 bits per heavy atom. The van der Waals surface area contributed by atoms with E-state index in [1.165, 1.54) is 35.2 Å². The van der Waals surface area contributed by atoms with Gasteiger partial charge in [0.25, 0.3) is 0 Å². The number of thiazole rings is 1. The molecular formula is C14H9BrF2N2S2. The van der Waals surface area contributed by atoms with E-state index in [2.05, 4.69) is 20.9 Å². The zero-order valence-electron chi connectivity index (χ0n) is 10.6. The summed E-state index contributed by atoms with van der Waals surface area (Å²) in [4.78, 5) is 4.42. The van der Waals surface area contributed by atoms with Crippen LogP contribution in [-0.4, -0.2) is 4.98 Å². The molecule has 1 aromatic heterocycles. The van der Waals surface area contributed by atoms with Crippen LogP contribution in [0.5, 0.6) is 0 Å². The van der Waals surface area contributed by atoms with Gasteiger partial charge in [0.15, 0.2) is 4.34 Å². The average molecular weight is 387 g/mol. The zero-order valence-corrected chi connectivity index (χ0v) is 13.8. The van der Waals surface area contributed by atoms with Crippen molar-refractivity contribution in [3.8, 4) is 0 Å². The highest BCUT2D eigenvalue weighted by atomic mass is 79.9. The minimum absolute atomic E-state index is 0.0492. The standard InChI is InChI=1S/C14H9BrF2N2S2/c15-9-2-3-10(16)8(13(9)17)6-20-14-19-11-4-1-7(18)5-12(11)21-14/h1-5H,6,18H2. The first-order valence-electron chi connectivity index (χ1n) is 5.96. The smallest absolute Gasteiger partial charge is 0.151 e. The molecule has 0 saturated heterocycles. The molecule has 0 unspecified atom stereocenters. The molecule has 2 aromatic carbocycles. The van der Waals surface area contributed by atoms with Crippen molar-refractivity contribution in [3.05, 3.63) is 52.0 Å². The van der Waals surface area contributed by atoms with Crippen LogP contribution in [0.15, 0.2) is 39.1 Å². The highest BCUT2D eigenvalue weighted by Gasteiger charge is 2.14. The lowest BCUT2D eigenvalue weighted by Gasteiger charge is -2.04. The van der Waals surface area contributed by atoms with E-state index >= 15 is 0 Å². The Balaban J connectivity index is 1.85. The highest BCUT2D eigenvalue weighted by Crippen LogP contribution is 2.34. The Bertz CT molecular complexity index is 820. The van der Waals surface area contributed by atoms with Gasteiger partial charge >= 0.3 is 0 Å². The van der Waals surface area contributed by atoms with E-state index in [0.29, 0.717) is 5.69 Å². The second-order valence-electron chi connectivity index (χ2n) is 4.32. The van der Waals surface area contributed by atoms with Crippen LogP contribution in [0, 0.1) is 11.6 Å². The molecule has 0 fully saturated rings. The van der Waals surface area contributed by atoms with Crippen LogP contribution in [0.3, 0.4) is 0 Å². The van der Waals surface area contributed by atoms with Gasteiger partial charge in [0, 0.05) is 17.0 Å². The molecule has 0 aliphatic carbocycles. The molecule has 3 aromatic rings. The van der Waals surface area contributed by atoms with Crippen molar-refractivity contribution >= 4 is 54.9 Å². The van der Waals surface area contributed by atoms with E-state index in [0.717, 1.165) is 14.6 Å². The Morgan fingerprint density at radius 2 is 2.05 bits per heavy atom. The third kappa shape index (κ3) is 3.04. The van der Waals surface area contributed by atoms with E-state index in [-0.39, 0.29) is 15.8 Å². The lowest BCUT2D eigenvalue weighted by atomic mass is 10.2. The summed E-state index contributed by atoms with van der Waals surface area (Å²) in [6, 6.07) is 8.08. The van der Waals surface area contributed by atoms with Crippen molar-refractivity contribution in [1.82, 2.24) is 4.98 Å². The molecule has 0 atom stereocenters. The first-order chi connectivity index (χ1) is 10.0. The number of nitrogens with two attached hydrogens (primary N) is 1. The third-order valence-electron chi connectivity index (χ3n) is 2.87. The molecule has 0 aliphatic rings. The van der Waals surface area contributed by atoms with Gasteiger partial charge in [-0.1, -0.05) is 11.8 Å². The Hall–Kier alpha value is -1.18. The normalized spacial score (nSPS) is 11.2. The first kappa shape index (κ1) is 14.7. The highest BCUT2D eigenvalue weighted by molar-refractivity contribution is 9.10. The van der Waals surface area contributed by atoms with E-state index in [4.69, 9.17) is 5.73 Å². The molecule has 0 amide bonds. The van der Waals surface area contributed by atoms with Crippen molar-refractivity contribution < 1.29 is 8.78 Å². The number of hydrogen-bond acceptors (Lipinski definition) is 4. The number of anilines is 1. The lowest BCUT2D eigenvalue weighted by Crippen LogP contribution is -1.94. The predicted molar refractivity (Wildman–Crippen MR) is 87.7 cm³/mol. The molecule has 21 heavy (non-hydrogen) atoms. The molecule has 0 saturated carbocycles. The number of aromatic nitrogens is 1. The Labute approximate surface area is 136 Å². The summed E-state index contributed by atoms with van der Waals surface area (Å²) < 4.78 is 29.6. The van der Waals surface area contributed by atoms with Crippen molar-refractivity contribution in [2.75, 3.05) is 5.73 Å². The van der Waals surface area contributed by atoms with Gasteiger partial charge in [0.1, 0.15) is 11.6 Å². The quantitative estimate of drug-likeness (QED) is 0.381.